The van der Waals surface area contributed by atoms with Crippen LogP contribution in [0.2, 0.25) is 0 Å². The van der Waals surface area contributed by atoms with E-state index < -0.39 is 15.9 Å². The third-order valence-electron chi connectivity index (χ3n) is 6.54. The lowest BCUT2D eigenvalue weighted by atomic mass is 9.74. The largest absolute Gasteiger partial charge is 0.381 e. The first kappa shape index (κ1) is 22.0. The number of benzene rings is 2. The van der Waals surface area contributed by atoms with E-state index in [1.807, 2.05) is 53.4 Å². The molecule has 1 N–H and O–H groups in total. The molecule has 0 aromatic heterocycles. The number of carbonyl (C=O) groups excluding carboxylic acids is 1. The molecule has 0 bridgehead atoms. The van der Waals surface area contributed by atoms with Gasteiger partial charge in [0, 0.05) is 38.3 Å². The maximum atomic E-state index is 13.5. The number of rotatable bonds is 6. The zero-order valence-corrected chi connectivity index (χ0v) is 18.5. The van der Waals surface area contributed by atoms with Gasteiger partial charge in [-0.2, -0.15) is 0 Å². The maximum Gasteiger partial charge on any atom is 0.241 e. The number of nitrogens with zero attached hydrogens (tertiary/aromatic N) is 1. The minimum Gasteiger partial charge on any atom is -0.381 e. The summed E-state index contributed by atoms with van der Waals surface area (Å²) in [4.78, 5) is 15.5. The van der Waals surface area contributed by atoms with Crippen LogP contribution in [0.3, 0.4) is 0 Å². The smallest absolute Gasteiger partial charge is 0.241 e. The second kappa shape index (κ2) is 9.51. The molecule has 2 heterocycles. The predicted octanol–water partition coefficient (Wildman–Crippen LogP) is 2.32. The van der Waals surface area contributed by atoms with Gasteiger partial charge in [0.15, 0.2) is 9.84 Å². The Morgan fingerprint density at radius 3 is 2.16 bits per heavy atom. The molecule has 2 aromatic rings. The zero-order chi connectivity index (χ0) is 21.7. The van der Waals surface area contributed by atoms with Crippen LogP contribution in [0, 0.1) is 0 Å². The van der Waals surface area contributed by atoms with Crippen molar-refractivity contribution in [1.29, 1.82) is 0 Å². The number of sulfone groups is 1. The van der Waals surface area contributed by atoms with Gasteiger partial charge >= 0.3 is 0 Å². The van der Waals surface area contributed by atoms with Gasteiger partial charge in [0.1, 0.15) is 6.04 Å². The fourth-order valence-corrected chi connectivity index (χ4v) is 5.85. The van der Waals surface area contributed by atoms with E-state index in [0.717, 1.165) is 18.4 Å². The fraction of sp³-hybridized carbons (Fsp3) is 0.458. The molecule has 0 saturated carbocycles. The Balaban J connectivity index is 1.54. The van der Waals surface area contributed by atoms with Gasteiger partial charge in [0.05, 0.1) is 11.5 Å². The molecule has 2 aliphatic rings. The van der Waals surface area contributed by atoms with Gasteiger partial charge in [-0.1, -0.05) is 60.7 Å². The van der Waals surface area contributed by atoms with Crippen LogP contribution in [0.5, 0.6) is 0 Å². The van der Waals surface area contributed by atoms with Crippen molar-refractivity contribution in [3.63, 3.8) is 0 Å². The lowest BCUT2D eigenvalue weighted by molar-refractivity contribution is -0.127. The van der Waals surface area contributed by atoms with Gasteiger partial charge in [0.25, 0.3) is 0 Å². The average Bonchev–Trinajstić information content (AvgIpc) is 2.81. The second-order valence-corrected chi connectivity index (χ2v) is 10.8. The SMILES string of the molecule is O=C(NCC1(c2ccccc2)CCOCC1)C(c1ccccc1)N1CCS(=O)(=O)CC1. The van der Waals surface area contributed by atoms with E-state index in [1.165, 1.54) is 5.56 Å². The summed E-state index contributed by atoms with van der Waals surface area (Å²) < 4.78 is 29.4. The predicted molar refractivity (Wildman–Crippen MR) is 121 cm³/mol. The first-order chi connectivity index (χ1) is 15.0. The maximum absolute atomic E-state index is 13.5. The minimum atomic E-state index is -3.02. The fourth-order valence-electron chi connectivity index (χ4n) is 4.62. The lowest BCUT2D eigenvalue weighted by Crippen LogP contribution is -2.50. The van der Waals surface area contributed by atoms with Gasteiger partial charge in [-0.25, -0.2) is 8.42 Å². The summed E-state index contributed by atoms with van der Waals surface area (Å²) >= 11 is 0. The Morgan fingerprint density at radius 2 is 1.55 bits per heavy atom. The van der Waals surface area contributed by atoms with E-state index in [4.69, 9.17) is 4.74 Å². The third kappa shape index (κ3) is 5.17. The van der Waals surface area contributed by atoms with E-state index in [-0.39, 0.29) is 22.8 Å². The van der Waals surface area contributed by atoms with Crippen LogP contribution >= 0.6 is 0 Å². The highest BCUT2D eigenvalue weighted by atomic mass is 32.2. The molecule has 166 valence electrons. The van der Waals surface area contributed by atoms with Crippen LogP contribution < -0.4 is 5.32 Å². The first-order valence-electron chi connectivity index (χ1n) is 10.9. The van der Waals surface area contributed by atoms with Crippen LogP contribution in [0.1, 0.15) is 30.0 Å². The van der Waals surface area contributed by atoms with Gasteiger partial charge in [-0.15, -0.1) is 0 Å². The topological polar surface area (TPSA) is 75.7 Å². The average molecular weight is 443 g/mol. The van der Waals surface area contributed by atoms with Crippen molar-refractivity contribution < 1.29 is 17.9 Å². The van der Waals surface area contributed by atoms with Crippen molar-refractivity contribution in [2.75, 3.05) is 44.4 Å². The van der Waals surface area contributed by atoms with Crippen LogP contribution in [0.25, 0.3) is 0 Å². The highest BCUT2D eigenvalue weighted by molar-refractivity contribution is 7.91. The molecule has 0 radical (unpaired) electrons. The second-order valence-electron chi connectivity index (χ2n) is 8.48. The van der Waals surface area contributed by atoms with Crippen LogP contribution in [-0.2, 0) is 24.8 Å². The molecule has 1 unspecified atom stereocenters. The molecule has 2 fully saturated rings. The highest BCUT2D eigenvalue weighted by Gasteiger charge is 2.37. The Morgan fingerprint density at radius 1 is 0.968 bits per heavy atom. The van der Waals surface area contributed by atoms with Gasteiger partial charge in [-0.3, -0.25) is 9.69 Å². The molecule has 1 atom stereocenters. The van der Waals surface area contributed by atoms with Gasteiger partial charge in [0.2, 0.25) is 5.91 Å². The lowest BCUT2D eigenvalue weighted by Gasteiger charge is -2.39. The van der Waals surface area contributed by atoms with E-state index in [1.54, 1.807) is 0 Å². The Labute approximate surface area is 184 Å². The van der Waals surface area contributed by atoms with Crippen molar-refractivity contribution in [1.82, 2.24) is 10.2 Å². The van der Waals surface area contributed by atoms with Crippen molar-refractivity contribution in [2.45, 2.75) is 24.3 Å². The van der Waals surface area contributed by atoms with Crippen molar-refractivity contribution in [3.8, 4) is 0 Å². The summed E-state index contributed by atoms with van der Waals surface area (Å²) in [5.74, 6) is 0.108. The zero-order valence-electron chi connectivity index (χ0n) is 17.7. The van der Waals surface area contributed by atoms with Crippen molar-refractivity contribution >= 4 is 15.7 Å². The summed E-state index contributed by atoms with van der Waals surface area (Å²) in [6.07, 6.45) is 1.71. The summed E-state index contributed by atoms with van der Waals surface area (Å²) in [6.45, 7) is 2.63. The summed E-state index contributed by atoms with van der Waals surface area (Å²) in [5, 5.41) is 3.22. The van der Waals surface area contributed by atoms with E-state index in [2.05, 4.69) is 17.4 Å². The molecule has 1 amide bonds. The van der Waals surface area contributed by atoms with Gasteiger partial charge in [-0.05, 0) is 24.0 Å². The Hall–Kier alpha value is -2.22. The first-order valence-corrected chi connectivity index (χ1v) is 12.7. The molecule has 0 spiro atoms. The highest BCUT2D eigenvalue weighted by Crippen LogP contribution is 2.34. The number of carbonyl (C=O) groups is 1. The minimum absolute atomic E-state index is 0.0766. The van der Waals surface area contributed by atoms with Crippen LogP contribution in [0.4, 0.5) is 0 Å². The molecular weight excluding hydrogens is 412 g/mol. The number of nitrogens with one attached hydrogen (secondary N) is 1. The molecular formula is C24H30N2O4S. The molecule has 0 aliphatic carbocycles. The van der Waals surface area contributed by atoms with E-state index in [9.17, 15) is 13.2 Å². The van der Waals surface area contributed by atoms with Crippen LogP contribution in [-0.4, -0.2) is 63.6 Å². The molecule has 2 aliphatic heterocycles. The molecule has 2 aromatic carbocycles. The summed E-state index contributed by atoms with van der Waals surface area (Å²) in [6, 6.07) is 19.5. The number of hydrogen-bond acceptors (Lipinski definition) is 5. The van der Waals surface area contributed by atoms with Crippen molar-refractivity contribution in [3.05, 3.63) is 71.8 Å². The Kier molecular flexibility index (Phi) is 6.74. The Bertz CT molecular complexity index is 959. The molecule has 4 rings (SSSR count). The van der Waals surface area contributed by atoms with Crippen molar-refractivity contribution in [2.24, 2.45) is 0 Å². The molecule has 6 nitrogen and oxygen atoms in total. The van der Waals surface area contributed by atoms with Gasteiger partial charge < -0.3 is 10.1 Å². The standard InChI is InChI=1S/C24H30N2O4S/c27-23(25-19-24(11-15-30-16-12-24)21-9-5-2-6-10-21)22(20-7-3-1-4-8-20)26-13-17-31(28,29)18-14-26/h1-10,22H,11-19H2,(H,25,27). The number of ether oxygens (including phenoxy) is 1. The van der Waals surface area contributed by atoms with Crippen LogP contribution in [0.15, 0.2) is 60.7 Å². The quantitative estimate of drug-likeness (QED) is 0.743. The summed E-state index contributed by atoms with van der Waals surface area (Å²) in [7, 11) is -3.02. The van der Waals surface area contributed by atoms with E-state index >= 15 is 0 Å². The molecule has 7 heteroatoms. The normalized spacial score (nSPS) is 21.8. The molecule has 2 saturated heterocycles. The monoisotopic (exact) mass is 442 g/mol. The molecule has 31 heavy (non-hydrogen) atoms. The summed E-state index contributed by atoms with van der Waals surface area (Å²) in [5.41, 5.74) is 1.96. The van der Waals surface area contributed by atoms with E-state index in [0.29, 0.717) is 32.8 Å². The number of hydrogen-bond donors (Lipinski definition) is 1. The number of amides is 1. The third-order valence-corrected chi connectivity index (χ3v) is 8.15.